The van der Waals surface area contributed by atoms with Crippen molar-refractivity contribution in [2.24, 2.45) is 0 Å². The molecule has 10 heteroatoms. The van der Waals surface area contributed by atoms with Crippen LogP contribution in [0.25, 0.3) is 11.2 Å². The Morgan fingerprint density at radius 1 is 1.21 bits per heavy atom. The number of nitrogens with zero attached hydrogens (tertiary/aromatic N) is 7. The summed E-state index contributed by atoms with van der Waals surface area (Å²) in [5.74, 6) is 3.23. The molecule has 0 radical (unpaired) electrons. The molecule has 3 aromatic heterocycles. The van der Waals surface area contributed by atoms with E-state index in [0.29, 0.717) is 22.7 Å². The van der Waals surface area contributed by atoms with Gasteiger partial charge in [-0.15, -0.1) is 5.10 Å². The van der Waals surface area contributed by atoms with Crippen LogP contribution in [0.2, 0.25) is 0 Å². The van der Waals surface area contributed by atoms with Gasteiger partial charge in [0.2, 0.25) is 0 Å². The Kier molecular flexibility index (Phi) is 6.19. The minimum Gasteiger partial charge on any atom is -0.308 e. The number of piperidine rings is 1. The van der Waals surface area contributed by atoms with E-state index >= 15 is 0 Å². The molecule has 1 saturated heterocycles. The van der Waals surface area contributed by atoms with Crippen molar-refractivity contribution in [3.8, 4) is 0 Å². The van der Waals surface area contributed by atoms with Crippen molar-refractivity contribution >= 4 is 22.9 Å². The third kappa shape index (κ3) is 4.48. The van der Waals surface area contributed by atoms with Crippen LogP contribution >= 0.6 is 11.8 Å². The van der Waals surface area contributed by atoms with E-state index in [1.807, 2.05) is 17.1 Å². The first-order valence-electron chi connectivity index (χ1n) is 10.1. The molecular formula is C19H26N8OS. The Labute approximate surface area is 173 Å². The Morgan fingerprint density at radius 2 is 1.97 bits per heavy atom. The highest BCUT2D eigenvalue weighted by molar-refractivity contribution is 7.98. The lowest BCUT2D eigenvalue weighted by Gasteiger charge is -2.31. The highest BCUT2D eigenvalue weighted by Crippen LogP contribution is 2.25. The number of rotatable bonds is 7. The lowest BCUT2D eigenvalue weighted by molar-refractivity contribution is 0.173. The van der Waals surface area contributed by atoms with E-state index in [4.69, 9.17) is 0 Å². The molecule has 154 valence electrons. The van der Waals surface area contributed by atoms with Gasteiger partial charge >= 0.3 is 0 Å². The third-order valence-corrected chi connectivity index (χ3v) is 6.10. The highest BCUT2D eigenvalue weighted by Gasteiger charge is 2.24. The fourth-order valence-corrected chi connectivity index (χ4v) is 4.16. The number of fused-ring (bicyclic) bond motifs is 1. The fourth-order valence-electron chi connectivity index (χ4n) is 3.62. The maximum Gasteiger partial charge on any atom is 0.281 e. The monoisotopic (exact) mass is 414 g/mol. The van der Waals surface area contributed by atoms with Crippen molar-refractivity contribution in [3.63, 3.8) is 0 Å². The Hall–Kier alpha value is -2.33. The molecule has 0 spiro atoms. The molecule has 0 unspecified atom stereocenters. The zero-order valence-corrected chi connectivity index (χ0v) is 17.7. The van der Waals surface area contributed by atoms with Crippen molar-refractivity contribution < 1.29 is 0 Å². The van der Waals surface area contributed by atoms with Crippen LogP contribution in [0, 0.1) is 0 Å². The molecule has 1 N–H and O–H groups in total. The summed E-state index contributed by atoms with van der Waals surface area (Å²) in [6, 6.07) is 0.205. The van der Waals surface area contributed by atoms with Crippen molar-refractivity contribution in [1.29, 1.82) is 0 Å². The number of hydrogen-bond acceptors (Lipinski definition) is 8. The number of likely N-dealkylation sites (tertiary alicyclic amines) is 1. The first kappa shape index (κ1) is 20.0. The number of aryl methyl sites for hydroxylation is 1. The van der Waals surface area contributed by atoms with Crippen LogP contribution in [-0.2, 0) is 18.7 Å². The molecule has 29 heavy (non-hydrogen) atoms. The van der Waals surface area contributed by atoms with E-state index < -0.39 is 0 Å². The van der Waals surface area contributed by atoms with Crippen LogP contribution in [0.15, 0.2) is 17.2 Å². The molecule has 4 heterocycles. The van der Waals surface area contributed by atoms with Crippen LogP contribution in [-0.4, -0.2) is 58.7 Å². The van der Waals surface area contributed by atoms with Gasteiger partial charge < -0.3 is 4.98 Å². The summed E-state index contributed by atoms with van der Waals surface area (Å²) in [6.07, 6.45) is 6.59. The topological polar surface area (TPSA) is 105 Å². The van der Waals surface area contributed by atoms with E-state index in [1.165, 1.54) is 0 Å². The molecule has 4 rings (SSSR count). The molecular weight excluding hydrogens is 388 g/mol. The van der Waals surface area contributed by atoms with Gasteiger partial charge in [-0.1, -0.05) is 19.1 Å². The zero-order chi connectivity index (χ0) is 20.2. The summed E-state index contributed by atoms with van der Waals surface area (Å²) in [6.45, 7) is 6.89. The Bertz CT molecular complexity index is 1010. The average Bonchev–Trinajstić information content (AvgIpc) is 3.18. The molecule has 9 nitrogen and oxygen atoms in total. The highest BCUT2D eigenvalue weighted by atomic mass is 32.2. The maximum atomic E-state index is 12.3. The first-order chi connectivity index (χ1) is 14.2. The van der Waals surface area contributed by atoms with Gasteiger partial charge in [0, 0.05) is 44.0 Å². The normalized spacial score (nSPS) is 15.9. The number of aromatic amines is 1. The van der Waals surface area contributed by atoms with Gasteiger partial charge in [0.1, 0.15) is 11.6 Å². The van der Waals surface area contributed by atoms with Crippen molar-refractivity contribution in [2.45, 2.75) is 51.4 Å². The Morgan fingerprint density at radius 3 is 2.66 bits per heavy atom. The van der Waals surface area contributed by atoms with Gasteiger partial charge in [-0.25, -0.2) is 19.6 Å². The number of aromatic nitrogens is 7. The summed E-state index contributed by atoms with van der Waals surface area (Å²) in [5.41, 5.74) is 1.85. The van der Waals surface area contributed by atoms with Crippen LogP contribution in [0.1, 0.15) is 49.9 Å². The second-order valence-corrected chi connectivity index (χ2v) is 8.50. The largest absolute Gasteiger partial charge is 0.308 e. The molecule has 1 aliphatic rings. The van der Waals surface area contributed by atoms with Gasteiger partial charge in [0.25, 0.3) is 5.56 Å². The lowest BCUT2D eigenvalue weighted by atomic mass is 10.0. The second-order valence-electron chi connectivity index (χ2n) is 7.22. The molecule has 3 aromatic rings. The average molecular weight is 415 g/mol. The molecule has 0 aromatic carbocycles. The van der Waals surface area contributed by atoms with E-state index in [2.05, 4.69) is 49.0 Å². The van der Waals surface area contributed by atoms with Crippen LogP contribution < -0.4 is 5.56 Å². The minimum absolute atomic E-state index is 0.205. The summed E-state index contributed by atoms with van der Waals surface area (Å²) in [4.78, 5) is 31.0. The van der Waals surface area contributed by atoms with Gasteiger partial charge in [-0.05, 0) is 18.6 Å². The van der Waals surface area contributed by atoms with E-state index in [9.17, 15) is 4.79 Å². The molecule has 0 saturated carbocycles. The standard InChI is InChI=1S/C19H26N8OS/c1-3-15-20-9-13(10-21-15)11-26-7-5-14(6-8-26)27-18-17(24-25-27)19(28)23-16(22-18)12-29-4-2/h9-10,14H,3-8,11-12H2,1-2H3,(H,22,23,28). The van der Waals surface area contributed by atoms with E-state index in [0.717, 1.165) is 56.0 Å². The minimum atomic E-state index is -0.207. The fraction of sp³-hybridized carbons (Fsp3) is 0.579. The summed E-state index contributed by atoms with van der Waals surface area (Å²) in [5, 5.41) is 8.36. The van der Waals surface area contributed by atoms with Crippen LogP contribution in [0.4, 0.5) is 0 Å². The maximum absolute atomic E-state index is 12.3. The van der Waals surface area contributed by atoms with Crippen molar-refractivity contribution in [2.75, 3.05) is 18.8 Å². The van der Waals surface area contributed by atoms with Gasteiger partial charge in [0.15, 0.2) is 11.2 Å². The molecule has 0 amide bonds. The number of thioether (sulfide) groups is 1. The first-order valence-corrected chi connectivity index (χ1v) is 11.3. The van der Waals surface area contributed by atoms with Gasteiger partial charge in [-0.3, -0.25) is 9.69 Å². The zero-order valence-electron chi connectivity index (χ0n) is 16.8. The molecule has 0 aliphatic carbocycles. The van der Waals surface area contributed by atoms with Crippen molar-refractivity contribution in [3.05, 3.63) is 40.0 Å². The summed E-state index contributed by atoms with van der Waals surface area (Å²) in [7, 11) is 0. The molecule has 1 fully saturated rings. The van der Waals surface area contributed by atoms with Crippen LogP contribution in [0.5, 0.6) is 0 Å². The second kappa shape index (κ2) is 9.00. The summed E-state index contributed by atoms with van der Waals surface area (Å²) < 4.78 is 1.85. The Balaban J connectivity index is 1.44. The third-order valence-electron chi connectivity index (χ3n) is 5.21. The quantitative estimate of drug-likeness (QED) is 0.625. The molecule has 0 bridgehead atoms. The number of H-pyrrole nitrogens is 1. The van der Waals surface area contributed by atoms with E-state index in [-0.39, 0.29) is 11.6 Å². The predicted molar refractivity (Wildman–Crippen MR) is 113 cm³/mol. The van der Waals surface area contributed by atoms with Gasteiger partial charge in [0.05, 0.1) is 11.8 Å². The number of nitrogens with one attached hydrogen (secondary N) is 1. The van der Waals surface area contributed by atoms with Crippen LogP contribution in [0.3, 0.4) is 0 Å². The van der Waals surface area contributed by atoms with E-state index in [1.54, 1.807) is 11.8 Å². The molecule has 0 atom stereocenters. The summed E-state index contributed by atoms with van der Waals surface area (Å²) >= 11 is 1.73. The smallest absolute Gasteiger partial charge is 0.281 e. The predicted octanol–water partition coefficient (Wildman–Crippen LogP) is 1.96. The SMILES string of the molecule is CCSCc1nc2c(nnn2C2CCN(Cc3cnc(CC)nc3)CC2)c(=O)[nH]1. The van der Waals surface area contributed by atoms with Crippen molar-refractivity contribution in [1.82, 2.24) is 39.8 Å². The van der Waals surface area contributed by atoms with Gasteiger partial charge in [-0.2, -0.15) is 11.8 Å². The molecule has 1 aliphatic heterocycles. The lowest BCUT2D eigenvalue weighted by Crippen LogP contribution is -2.34. The number of hydrogen-bond donors (Lipinski definition) is 1.